The second kappa shape index (κ2) is 3.92. The van der Waals surface area contributed by atoms with E-state index in [1.165, 1.54) is 0 Å². The van der Waals surface area contributed by atoms with Gasteiger partial charge >= 0.3 is 5.69 Å². The third-order valence-corrected chi connectivity index (χ3v) is 3.43. The largest absolute Gasteiger partial charge is 0.506 e. The van der Waals surface area contributed by atoms with Crippen LogP contribution in [-0.2, 0) is 0 Å². The highest BCUT2D eigenvalue weighted by Crippen LogP contribution is 2.31. The Morgan fingerprint density at radius 2 is 2.06 bits per heavy atom. The Morgan fingerprint density at radius 1 is 1.24 bits per heavy atom. The first kappa shape index (κ1) is 10.4. The molecule has 5 heteroatoms. The molecule has 0 bridgehead atoms. The van der Waals surface area contributed by atoms with Crippen LogP contribution in [0.15, 0.2) is 16.9 Å². The molecule has 1 aromatic carbocycles. The van der Waals surface area contributed by atoms with Gasteiger partial charge in [-0.1, -0.05) is 6.07 Å². The van der Waals surface area contributed by atoms with Gasteiger partial charge in [-0.05, 0) is 36.9 Å². The second-order valence-corrected chi connectivity index (χ2v) is 4.55. The van der Waals surface area contributed by atoms with Gasteiger partial charge in [-0.2, -0.15) is 0 Å². The van der Waals surface area contributed by atoms with Crippen molar-refractivity contribution < 1.29 is 5.11 Å². The van der Waals surface area contributed by atoms with E-state index < -0.39 is 0 Å². The van der Waals surface area contributed by atoms with Crippen molar-refractivity contribution in [2.45, 2.75) is 18.8 Å². The molecule has 90 valence electrons. The highest BCUT2D eigenvalue weighted by atomic mass is 16.3. The molecule has 0 spiro atoms. The topological polar surface area (TPSA) is 80.9 Å². The highest BCUT2D eigenvalue weighted by molar-refractivity contribution is 5.84. The second-order valence-electron chi connectivity index (χ2n) is 4.55. The molecule has 1 aliphatic rings. The van der Waals surface area contributed by atoms with Gasteiger partial charge in [0, 0.05) is 6.54 Å². The summed E-state index contributed by atoms with van der Waals surface area (Å²) < 4.78 is 0. The average Bonchev–Trinajstić information content (AvgIpc) is 2.73. The lowest BCUT2D eigenvalue weighted by Crippen LogP contribution is -2.28. The van der Waals surface area contributed by atoms with Crippen LogP contribution >= 0.6 is 0 Å². The first-order valence-corrected chi connectivity index (χ1v) is 5.90. The molecule has 0 saturated carbocycles. The molecule has 1 aromatic heterocycles. The van der Waals surface area contributed by atoms with Crippen molar-refractivity contribution in [2.24, 2.45) is 0 Å². The van der Waals surface area contributed by atoms with Crippen LogP contribution in [0.4, 0.5) is 0 Å². The van der Waals surface area contributed by atoms with Crippen LogP contribution in [-0.4, -0.2) is 28.2 Å². The van der Waals surface area contributed by atoms with Crippen molar-refractivity contribution in [3.05, 3.63) is 28.2 Å². The standard InChI is InChI=1S/C12H15N3O2/c16-9-4-3-8(7-2-1-5-13-6-7)10-11(9)15-12(17)14-10/h3-4,7,13,16H,1-2,5-6H2,(H2,14,15,17). The van der Waals surface area contributed by atoms with Gasteiger partial charge in [0.1, 0.15) is 11.3 Å². The molecule has 1 unspecified atom stereocenters. The summed E-state index contributed by atoms with van der Waals surface area (Å²) in [4.78, 5) is 16.7. The summed E-state index contributed by atoms with van der Waals surface area (Å²) in [6.45, 7) is 1.98. The minimum absolute atomic E-state index is 0.117. The van der Waals surface area contributed by atoms with Gasteiger partial charge in [-0.15, -0.1) is 0 Å². The predicted molar refractivity (Wildman–Crippen MR) is 65.4 cm³/mol. The molecule has 17 heavy (non-hydrogen) atoms. The van der Waals surface area contributed by atoms with E-state index >= 15 is 0 Å². The van der Waals surface area contributed by atoms with Gasteiger partial charge < -0.3 is 20.4 Å². The van der Waals surface area contributed by atoms with E-state index in [4.69, 9.17) is 0 Å². The van der Waals surface area contributed by atoms with E-state index in [-0.39, 0.29) is 11.4 Å². The molecule has 1 fully saturated rings. The van der Waals surface area contributed by atoms with Crippen molar-refractivity contribution in [1.29, 1.82) is 0 Å². The fraction of sp³-hybridized carbons (Fsp3) is 0.417. The zero-order chi connectivity index (χ0) is 11.8. The number of piperidine rings is 1. The number of rotatable bonds is 1. The van der Waals surface area contributed by atoms with Gasteiger partial charge in [-0.3, -0.25) is 0 Å². The molecule has 1 saturated heterocycles. The lowest BCUT2D eigenvalue weighted by Gasteiger charge is -2.23. The predicted octanol–water partition coefficient (Wildman–Crippen LogP) is 1.03. The minimum Gasteiger partial charge on any atom is -0.506 e. The summed E-state index contributed by atoms with van der Waals surface area (Å²) in [6.07, 6.45) is 2.25. The normalized spacial score (nSPS) is 20.8. The smallest absolute Gasteiger partial charge is 0.323 e. The van der Waals surface area contributed by atoms with Crippen molar-refractivity contribution in [1.82, 2.24) is 15.3 Å². The van der Waals surface area contributed by atoms with E-state index in [2.05, 4.69) is 15.3 Å². The SMILES string of the molecule is O=c1[nH]c2c(O)ccc(C3CCCNC3)c2[nH]1. The number of hydrogen-bond donors (Lipinski definition) is 4. The molecule has 3 rings (SSSR count). The lowest BCUT2D eigenvalue weighted by atomic mass is 9.90. The highest BCUT2D eigenvalue weighted by Gasteiger charge is 2.19. The van der Waals surface area contributed by atoms with E-state index in [0.717, 1.165) is 37.0 Å². The molecule has 2 heterocycles. The number of aromatic hydroxyl groups is 1. The molecule has 1 atom stereocenters. The van der Waals surface area contributed by atoms with Gasteiger partial charge in [0.15, 0.2) is 0 Å². The summed E-state index contributed by atoms with van der Waals surface area (Å²) in [7, 11) is 0. The Labute approximate surface area is 97.9 Å². The Hall–Kier alpha value is -1.75. The van der Waals surface area contributed by atoms with Crippen molar-refractivity contribution in [2.75, 3.05) is 13.1 Å². The van der Waals surface area contributed by atoms with E-state index in [0.29, 0.717) is 11.4 Å². The van der Waals surface area contributed by atoms with E-state index in [1.807, 2.05) is 6.07 Å². The van der Waals surface area contributed by atoms with Crippen LogP contribution in [0.1, 0.15) is 24.3 Å². The van der Waals surface area contributed by atoms with Crippen molar-refractivity contribution in [3.8, 4) is 5.75 Å². The average molecular weight is 233 g/mol. The summed E-state index contributed by atoms with van der Waals surface area (Å²) in [5, 5.41) is 13.1. The van der Waals surface area contributed by atoms with Crippen LogP contribution in [0.3, 0.4) is 0 Å². The summed E-state index contributed by atoms with van der Waals surface area (Å²) in [5.41, 5.74) is 2.08. The minimum atomic E-state index is -0.272. The van der Waals surface area contributed by atoms with Crippen LogP contribution in [0.25, 0.3) is 11.0 Å². The Bertz CT molecular complexity index is 593. The van der Waals surface area contributed by atoms with E-state index in [1.54, 1.807) is 6.07 Å². The zero-order valence-corrected chi connectivity index (χ0v) is 9.42. The molecule has 1 aliphatic heterocycles. The molecular weight excluding hydrogens is 218 g/mol. The number of imidazole rings is 1. The first-order chi connectivity index (χ1) is 8.25. The van der Waals surface area contributed by atoms with Gasteiger partial charge in [0.05, 0.1) is 5.52 Å². The lowest BCUT2D eigenvalue weighted by molar-refractivity contribution is 0.461. The number of aromatic nitrogens is 2. The van der Waals surface area contributed by atoms with Crippen LogP contribution in [0.2, 0.25) is 0 Å². The summed E-state index contributed by atoms with van der Waals surface area (Å²) >= 11 is 0. The maximum atomic E-state index is 11.3. The summed E-state index contributed by atoms with van der Waals surface area (Å²) in [6, 6.07) is 3.55. The number of hydrogen-bond acceptors (Lipinski definition) is 3. The fourth-order valence-electron chi connectivity index (χ4n) is 2.58. The quantitative estimate of drug-likeness (QED) is 0.594. The maximum absolute atomic E-state index is 11.3. The molecular formula is C12H15N3O2. The molecule has 0 aliphatic carbocycles. The number of fused-ring (bicyclic) bond motifs is 1. The molecule has 2 aromatic rings. The molecule has 0 amide bonds. The number of benzene rings is 1. The number of phenols is 1. The third-order valence-electron chi connectivity index (χ3n) is 3.43. The monoisotopic (exact) mass is 233 g/mol. The van der Waals surface area contributed by atoms with E-state index in [9.17, 15) is 9.90 Å². The first-order valence-electron chi connectivity index (χ1n) is 5.90. The molecule has 5 nitrogen and oxygen atoms in total. The zero-order valence-electron chi connectivity index (χ0n) is 9.42. The van der Waals surface area contributed by atoms with Gasteiger partial charge in [0.2, 0.25) is 0 Å². The van der Waals surface area contributed by atoms with Crippen LogP contribution in [0.5, 0.6) is 5.75 Å². The maximum Gasteiger partial charge on any atom is 0.323 e. The fourth-order valence-corrected chi connectivity index (χ4v) is 2.58. The Morgan fingerprint density at radius 3 is 2.82 bits per heavy atom. The molecule has 0 radical (unpaired) electrons. The number of phenolic OH excluding ortho intramolecular Hbond substituents is 1. The van der Waals surface area contributed by atoms with Crippen LogP contribution < -0.4 is 11.0 Å². The van der Waals surface area contributed by atoms with Gasteiger partial charge in [-0.25, -0.2) is 4.79 Å². The number of H-pyrrole nitrogens is 2. The third kappa shape index (κ3) is 1.72. The van der Waals surface area contributed by atoms with Crippen molar-refractivity contribution >= 4 is 11.0 Å². The summed E-state index contributed by atoms with van der Waals surface area (Å²) in [5.74, 6) is 0.518. The molecule has 4 N–H and O–H groups in total. The Balaban J connectivity index is 2.15. The number of nitrogens with one attached hydrogen (secondary N) is 3. The Kier molecular flexibility index (Phi) is 2.40. The van der Waals surface area contributed by atoms with Gasteiger partial charge in [0.25, 0.3) is 0 Å². The van der Waals surface area contributed by atoms with Crippen molar-refractivity contribution in [3.63, 3.8) is 0 Å². The number of aromatic amines is 2. The van der Waals surface area contributed by atoms with Crippen LogP contribution in [0, 0.1) is 0 Å².